The van der Waals surface area contributed by atoms with E-state index in [4.69, 9.17) is 0 Å². The minimum absolute atomic E-state index is 0.0104. The van der Waals surface area contributed by atoms with E-state index in [0.717, 1.165) is 30.8 Å². The molecule has 1 fully saturated rings. The van der Waals surface area contributed by atoms with Gasteiger partial charge >= 0.3 is 0 Å². The number of piperidine rings is 1. The quantitative estimate of drug-likeness (QED) is 0.686. The monoisotopic (exact) mass is 418 g/mol. The van der Waals surface area contributed by atoms with Crippen LogP contribution >= 0.6 is 11.8 Å². The number of sulfonamides is 1. The SMILES string of the molecule is CSc1ccc(S(=O)(=O)N(C)c2ccc(C(=O)N3CCC[C@@H](C)C3)cc2)cc1. The highest BCUT2D eigenvalue weighted by molar-refractivity contribution is 7.98. The van der Waals surface area contributed by atoms with Crippen molar-refractivity contribution in [3.8, 4) is 0 Å². The molecule has 0 bridgehead atoms. The molecule has 2 aromatic carbocycles. The summed E-state index contributed by atoms with van der Waals surface area (Å²) < 4.78 is 27.0. The van der Waals surface area contributed by atoms with Gasteiger partial charge in [-0.25, -0.2) is 8.42 Å². The summed E-state index contributed by atoms with van der Waals surface area (Å²) in [6.45, 7) is 3.72. The van der Waals surface area contributed by atoms with Gasteiger partial charge in [0, 0.05) is 30.6 Å². The van der Waals surface area contributed by atoms with E-state index >= 15 is 0 Å². The lowest BCUT2D eigenvalue weighted by Gasteiger charge is -2.31. The van der Waals surface area contributed by atoms with Gasteiger partial charge < -0.3 is 4.90 Å². The zero-order valence-electron chi connectivity index (χ0n) is 16.5. The summed E-state index contributed by atoms with van der Waals surface area (Å²) in [4.78, 5) is 15.8. The second-order valence-corrected chi connectivity index (χ2v) is 10.0. The van der Waals surface area contributed by atoms with Crippen molar-refractivity contribution in [2.24, 2.45) is 5.92 Å². The molecule has 28 heavy (non-hydrogen) atoms. The minimum Gasteiger partial charge on any atom is -0.338 e. The molecular weight excluding hydrogens is 392 g/mol. The van der Waals surface area contributed by atoms with Gasteiger partial charge in [0.05, 0.1) is 10.6 Å². The molecule has 1 aliphatic heterocycles. The van der Waals surface area contributed by atoms with Crippen LogP contribution < -0.4 is 4.31 Å². The fourth-order valence-electron chi connectivity index (χ4n) is 3.41. The number of anilines is 1. The van der Waals surface area contributed by atoms with Crippen LogP contribution in [0.4, 0.5) is 5.69 Å². The Morgan fingerprint density at radius 3 is 2.32 bits per heavy atom. The van der Waals surface area contributed by atoms with Gasteiger partial charge in [0.15, 0.2) is 0 Å². The predicted octanol–water partition coefficient (Wildman–Crippen LogP) is 4.11. The molecule has 0 spiro atoms. The molecule has 7 heteroatoms. The third kappa shape index (κ3) is 4.36. The molecule has 150 valence electrons. The van der Waals surface area contributed by atoms with E-state index in [0.29, 0.717) is 17.2 Å². The molecule has 1 saturated heterocycles. The van der Waals surface area contributed by atoms with Gasteiger partial charge in [0.2, 0.25) is 0 Å². The van der Waals surface area contributed by atoms with Crippen molar-refractivity contribution >= 4 is 33.4 Å². The molecule has 1 amide bonds. The molecule has 1 heterocycles. The zero-order chi connectivity index (χ0) is 20.3. The lowest BCUT2D eigenvalue weighted by molar-refractivity contribution is 0.0683. The first-order valence-corrected chi connectivity index (χ1v) is 12.0. The van der Waals surface area contributed by atoms with Crippen LogP contribution in [-0.4, -0.2) is 45.6 Å². The number of hydrogen-bond acceptors (Lipinski definition) is 4. The Morgan fingerprint density at radius 1 is 1.11 bits per heavy atom. The van der Waals surface area contributed by atoms with Gasteiger partial charge in [-0.05, 0) is 73.5 Å². The van der Waals surface area contributed by atoms with E-state index in [1.54, 1.807) is 60.3 Å². The number of carbonyl (C=O) groups is 1. The highest BCUT2D eigenvalue weighted by atomic mass is 32.2. The van der Waals surface area contributed by atoms with E-state index in [2.05, 4.69) is 6.92 Å². The second kappa shape index (κ2) is 8.57. The van der Waals surface area contributed by atoms with Crippen LogP contribution in [-0.2, 0) is 10.0 Å². The van der Waals surface area contributed by atoms with Gasteiger partial charge in [0.1, 0.15) is 0 Å². The maximum atomic E-state index is 12.9. The summed E-state index contributed by atoms with van der Waals surface area (Å²) in [5, 5.41) is 0. The normalized spacial score (nSPS) is 17.4. The molecule has 5 nitrogen and oxygen atoms in total. The van der Waals surface area contributed by atoms with E-state index in [1.165, 1.54) is 11.4 Å². The van der Waals surface area contributed by atoms with Gasteiger partial charge in [-0.2, -0.15) is 0 Å². The Balaban J connectivity index is 1.77. The molecule has 0 aromatic heterocycles. The van der Waals surface area contributed by atoms with Crippen molar-refractivity contribution < 1.29 is 13.2 Å². The molecule has 3 rings (SSSR count). The highest BCUT2D eigenvalue weighted by Gasteiger charge is 2.24. The van der Waals surface area contributed by atoms with Gasteiger partial charge in [-0.3, -0.25) is 9.10 Å². The lowest BCUT2D eigenvalue weighted by atomic mass is 9.99. The van der Waals surface area contributed by atoms with Crippen molar-refractivity contribution in [3.05, 3.63) is 54.1 Å². The lowest BCUT2D eigenvalue weighted by Crippen LogP contribution is -2.39. The summed E-state index contributed by atoms with van der Waals surface area (Å²) in [6.07, 6.45) is 4.13. The molecule has 0 aliphatic carbocycles. The Kier molecular flexibility index (Phi) is 6.35. The van der Waals surface area contributed by atoms with E-state index < -0.39 is 10.0 Å². The van der Waals surface area contributed by atoms with E-state index in [1.807, 2.05) is 11.2 Å². The summed E-state index contributed by atoms with van der Waals surface area (Å²) in [7, 11) is -2.12. The standard InChI is InChI=1S/C21H26N2O3S2/c1-16-5-4-14-23(15-16)21(24)17-6-8-18(9-7-17)22(2)28(25,26)20-12-10-19(27-3)11-13-20/h6-13,16H,4-5,14-15H2,1-3H3/t16-/m1/s1. The maximum Gasteiger partial charge on any atom is 0.264 e. The number of nitrogens with zero attached hydrogens (tertiary/aromatic N) is 2. The van der Waals surface area contributed by atoms with Crippen LogP contribution in [0.5, 0.6) is 0 Å². The third-order valence-electron chi connectivity index (χ3n) is 5.14. The Hall–Kier alpha value is -1.99. The highest BCUT2D eigenvalue weighted by Crippen LogP contribution is 2.25. The van der Waals surface area contributed by atoms with Crippen LogP contribution in [0.25, 0.3) is 0 Å². The number of thioether (sulfide) groups is 1. The van der Waals surface area contributed by atoms with Crippen LogP contribution in [0.2, 0.25) is 0 Å². The van der Waals surface area contributed by atoms with Gasteiger partial charge in [-0.15, -0.1) is 11.8 Å². The Morgan fingerprint density at radius 2 is 1.75 bits per heavy atom. The van der Waals surface area contributed by atoms with E-state index in [-0.39, 0.29) is 10.8 Å². The third-order valence-corrected chi connectivity index (χ3v) is 7.68. The second-order valence-electron chi connectivity index (χ2n) is 7.19. The first-order valence-electron chi connectivity index (χ1n) is 9.35. The average Bonchev–Trinajstić information content (AvgIpc) is 2.72. The van der Waals surface area contributed by atoms with Crippen LogP contribution in [0.1, 0.15) is 30.1 Å². The summed E-state index contributed by atoms with van der Waals surface area (Å²) >= 11 is 1.56. The smallest absolute Gasteiger partial charge is 0.264 e. The van der Waals surface area contributed by atoms with Crippen molar-refractivity contribution in [2.75, 3.05) is 30.7 Å². The number of hydrogen-bond donors (Lipinski definition) is 0. The number of rotatable bonds is 5. The van der Waals surface area contributed by atoms with Crippen molar-refractivity contribution in [3.63, 3.8) is 0 Å². The predicted molar refractivity (Wildman–Crippen MR) is 115 cm³/mol. The van der Waals surface area contributed by atoms with Crippen LogP contribution in [0, 0.1) is 5.92 Å². The summed E-state index contributed by atoms with van der Waals surface area (Å²) in [5.41, 5.74) is 1.12. The van der Waals surface area contributed by atoms with Gasteiger partial charge in [-0.1, -0.05) is 6.92 Å². The van der Waals surface area contributed by atoms with Gasteiger partial charge in [0.25, 0.3) is 15.9 Å². The summed E-state index contributed by atoms with van der Waals surface area (Å²) in [5.74, 6) is 0.530. The molecule has 1 aliphatic rings. The first-order chi connectivity index (χ1) is 13.3. The topological polar surface area (TPSA) is 57.7 Å². The molecule has 2 aromatic rings. The van der Waals surface area contributed by atoms with Crippen LogP contribution in [0.3, 0.4) is 0 Å². The van der Waals surface area contributed by atoms with Crippen molar-refractivity contribution in [1.82, 2.24) is 4.90 Å². The van der Waals surface area contributed by atoms with Crippen molar-refractivity contribution in [1.29, 1.82) is 0 Å². The van der Waals surface area contributed by atoms with Crippen molar-refractivity contribution in [2.45, 2.75) is 29.6 Å². The number of benzene rings is 2. The fraction of sp³-hybridized carbons (Fsp3) is 0.381. The maximum absolute atomic E-state index is 12.9. The zero-order valence-corrected chi connectivity index (χ0v) is 18.1. The molecule has 0 radical (unpaired) electrons. The number of amides is 1. The fourth-order valence-corrected chi connectivity index (χ4v) is 5.02. The Labute approximate surface area is 171 Å². The number of likely N-dealkylation sites (tertiary alicyclic amines) is 1. The molecular formula is C21H26N2O3S2. The summed E-state index contributed by atoms with van der Waals surface area (Å²) in [6, 6.07) is 13.6. The molecule has 0 saturated carbocycles. The molecule has 0 unspecified atom stereocenters. The van der Waals surface area contributed by atoms with Crippen LogP contribution in [0.15, 0.2) is 58.3 Å². The molecule has 0 N–H and O–H groups in total. The van der Waals surface area contributed by atoms with E-state index in [9.17, 15) is 13.2 Å². The Bertz CT molecular complexity index is 925. The largest absolute Gasteiger partial charge is 0.338 e. The number of carbonyl (C=O) groups excluding carboxylic acids is 1. The molecule has 1 atom stereocenters. The average molecular weight is 419 g/mol. The minimum atomic E-state index is -3.65. The first kappa shape index (κ1) is 20.7.